The third-order valence-electron chi connectivity index (χ3n) is 4.01. The summed E-state index contributed by atoms with van der Waals surface area (Å²) < 4.78 is 39.4. The molecule has 0 aliphatic carbocycles. The van der Waals surface area contributed by atoms with Gasteiger partial charge in [0.05, 0.1) is 12.2 Å². The SMILES string of the molecule is CCOc1cc(C(=O)OCC(=O)NCCc2ccccc2C)ccc1OC(F)F. The van der Waals surface area contributed by atoms with E-state index < -0.39 is 25.1 Å². The van der Waals surface area contributed by atoms with Crippen molar-refractivity contribution in [3.8, 4) is 11.5 Å². The number of nitrogens with one attached hydrogen (secondary N) is 1. The molecule has 0 saturated carbocycles. The van der Waals surface area contributed by atoms with Gasteiger partial charge in [-0.05, 0) is 49.6 Å². The fourth-order valence-electron chi connectivity index (χ4n) is 2.59. The number of hydrogen-bond donors (Lipinski definition) is 1. The fraction of sp³-hybridized carbons (Fsp3) is 0.333. The number of esters is 1. The first kappa shape index (κ1) is 22.1. The van der Waals surface area contributed by atoms with E-state index in [0.717, 1.165) is 11.1 Å². The van der Waals surface area contributed by atoms with Gasteiger partial charge < -0.3 is 19.5 Å². The number of carbonyl (C=O) groups excluding carboxylic acids is 2. The largest absolute Gasteiger partial charge is 0.490 e. The molecule has 2 rings (SSSR count). The van der Waals surface area contributed by atoms with Crippen molar-refractivity contribution in [1.82, 2.24) is 5.32 Å². The summed E-state index contributed by atoms with van der Waals surface area (Å²) in [4.78, 5) is 24.0. The minimum Gasteiger partial charge on any atom is -0.490 e. The molecule has 0 atom stereocenters. The van der Waals surface area contributed by atoms with Crippen molar-refractivity contribution in [2.45, 2.75) is 26.9 Å². The van der Waals surface area contributed by atoms with E-state index in [2.05, 4.69) is 10.1 Å². The van der Waals surface area contributed by atoms with Crippen molar-refractivity contribution in [2.75, 3.05) is 19.8 Å². The Kier molecular flexibility index (Phi) is 8.39. The van der Waals surface area contributed by atoms with Gasteiger partial charge in [-0.1, -0.05) is 24.3 Å². The summed E-state index contributed by atoms with van der Waals surface area (Å²) >= 11 is 0. The molecule has 8 heteroatoms. The van der Waals surface area contributed by atoms with Crippen LogP contribution in [0.15, 0.2) is 42.5 Å². The molecular weight excluding hydrogens is 384 g/mol. The molecule has 6 nitrogen and oxygen atoms in total. The van der Waals surface area contributed by atoms with E-state index >= 15 is 0 Å². The molecule has 0 aliphatic rings. The summed E-state index contributed by atoms with van der Waals surface area (Å²) in [6.07, 6.45) is 0.662. The molecule has 0 bridgehead atoms. The molecule has 0 fully saturated rings. The van der Waals surface area contributed by atoms with Crippen LogP contribution in [-0.4, -0.2) is 38.2 Å². The molecular formula is C21H23F2NO5. The molecule has 0 aromatic heterocycles. The van der Waals surface area contributed by atoms with E-state index in [-0.39, 0.29) is 23.7 Å². The number of carbonyl (C=O) groups is 2. The Bertz CT molecular complexity index is 842. The number of halogens is 2. The molecule has 0 heterocycles. The van der Waals surface area contributed by atoms with Crippen LogP contribution in [-0.2, 0) is 16.0 Å². The average Bonchev–Trinajstić information content (AvgIpc) is 2.68. The van der Waals surface area contributed by atoms with Gasteiger partial charge >= 0.3 is 12.6 Å². The van der Waals surface area contributed by atoms with Crippen molar-refractivity contribution in [3.05, 3.63) is 59.2 Å². The maximum Gasteiger partial charge on any atom is 0.387 e. The number of amides is 1. The second kappa shape index (κ2) is 11.0. The molecule has 0 saturated heterocycles. The van der Waals surface area contributed by atoms with Gasteiger partial charge in [0.1, 0.15) is 0 Å². The van der Waals surface area contributed by atoms with E-state index in [4.69, 9.17) is 9.47 Å². The van der Waals surface area contributed by atoms with Crippen LogP contribution in [0.1, 0.15) is 28.4 Å². The summed E-state index contributed by atoms with van der Waals surface area (Å²) in [5.41, 5.74) is 2.32. The first-order chi connectivity index (χ1) is 13.9. The molecule has 2 aromatic carbocycles. The van der Waals surface area contributed by atoms with Crippen molar-refractivity contribution in [2.24, 2.45) is 0 Å². The maximum atomic E-state index is 12.4. The molecule has 1 N–H and O–H groups in total. The second-order valence-corrected chi connectivity index (χ2v) is 6.08. The highest BCUT2D eigenvalue weighted by molar-refractivity contribution is 5.92. The van der Waals surface area contributed by atoms with Gasteiger partial charge in [0.25, 0.3) is 5.91 Å². The monoisotopic (exact) mass is 407 g/mol. The zero-order chi connectivity index (χ0) is 21.2. The lowest BCUT2D eigenvalue weighted by molar-refractivity contribution is -0.124. The van der Waals surface area contributed by atoms with Crippen molar-refractivity contribution in [3.63, 3.8) is 0 Å². The lowest BCUT2D eigenvalue weighted by Gasteiger charge is -2.12. The van der Waals surface area contributed by atoms with E-state index in [1.807, 2.05) is 31.2 Å². The van der Waals surface area contributed by atoms with Gasteiger partial charge in [0.2, 0.25) is 0 Å². The summed E-state index contributed by atoms with van der Waals surface area (Å²) in [6, 6.07) is 11.5. The third-order valence-corrected chi connectivity index (χ3v) is 4.01. The van der Waals surface area contributed by atoms with Crippen molar-refractivity contribution >= 4 is 11.9 Å². The number of hydrogen-bond acceptors (Lipinski definition) is 5. The first-order valence-electron chi connectivity index (χ1n) is 9.10. The van der Waals surface area contributed by atoms with Crippen LogP contribution in [0.4, 0.5) is 8.78 Å². The molecule has 156 valence electrons. The lowest BCUT2D eigenvalue weighted by atomic mass is 10.1. The maximum absolute atomic E-state index is 12.4. The fourth-order valence-corrected chi connectivity index (χ4v) is 2.59. The lowest BCUT2D eigenvalue weighted by Crippen LogP contribution is -2.30. The van der Waals surface area contributed by atoms with Crippen molar-refractivity contribution in [1.29, 1.82) is 0 Å². The molecule has 2 aromatic rings. The Hall–Kier alpha value is -3.16. The minimum atomic E-state index is -3.02. The van der Waals surface area contributed by atoms with Crippen LogP contribution < -0.4 is 14.8 Å². The highest BCUT2D eigenvalue weighted by Crippen LogP contribution is 2.30. The number of aryl methyl sites for hydroxylation is 1. The normalized spacial score (nSPS) is 10.5. The topological polar surface area (TPSA) is 73.9 Å². The molecule has 0 radical (unpaired) electrons. The van der Waals surface area contributed by atoms with E-state index in [9.17, 15) is 18.4 Å². The average molecular weight is 407 g/mol. The quantitative estimate of drug-likeness (QED) is 0.610. The predicted octanol–water partition coefficient (Wildman–Crippen LogP) is 3.51. The van der Waals surface area contributed by atoms with Gasteiger partial charge in [-0.3, -0.25) is 4.79 Å². The van der Waals surface area contributed by atoms with Crippen molar-refractivity contribution < 1.29 is 32.6 Å². The van der Waals surface area contributed by atoms with Crippen LogP contribution in [0.25, 0.3) is 0 Å². The standard InChI is InChI=1S/C21H23F2NO5/c1-3-27-18-12-16(8-9-17(18)29-21(22)23)20(26)28-13-19(25)24-11-10-15-7-5-4-6-14(15)2/h4-9,12,21H,3,10-11,13H2,1-2H3,(H,24,25). The van der Waals surface area contributed by atoms with Crippen LogP contribution in [0.2, 0.25) is 0 Å². The number of rotatable bonds is 10. The molecule has 1 amide bonds. The van der Waals surface area contributed by atoms with Gasteiger partial charge in [-0.15, -0.1) is 0 Å². The van der Waals surface area contributed by atoms with Gasteiger partial charge in [-0.2, -0.15) is 8.78 Å². The molecule has 29 heavy (non-hydrogen) atoms. The van der Waals surface area contributed by atoms with E-state index in [0.29, 0.717) is 13.0 Å². The predicted molar refractivity (Wildman–Crippen MR) is 102 cm³/mol. The summed E-state index contributed by atoms with van der Waals surface area (Å²) in [7, 11) is 0. The molecule has 0 spiro atoms. The third kappa shape index (κ3) is 7.06. The Morgan fingerprint density at radius 2 is 1.86 bits per heavy atom. The zero-order valence-electron chi connectivity index (χ0n) is 16.2. The first-order valence-corrected chi connectivity index (χ1v) is 9.10. The smallest absolute Gasteiger partial charge is 0.387 e. The Morgan fingerprint density at radius 3 is 2.55 bits per heavy atom. The number of ether oxygens (including phenoxy) is 3. The molecule has 0 aliphatic heterocycles. The number of benzene rings is 2. The van der Waals surface area contributed by atoms with E-state index in [1.54, 1.807) is 6.92 Å². The Morgan fingerprint density at radius 1 is 1.10 bits per heavy atom. The number of alkyl halides is 2. The summed E-state index contributed by atoms with van der Waals surface area (Å²) in [5, 5.41) is 2.68. The Labute approximate surface area is 167 Å². The summed E-state index contributed by atoms with van der Waals surface area (Å²) in [5.74, 6) is -1.41. The highest BCUT2D eigenvalue weighted by Gasteiger charge is 2.16. The van der Waals surface area contributed by atoms with E-state index in [1.165, 1.54) is 18.2 Å². The Balaban J connectivity index is 1.85. The van der Waals surface area contributed by atoms with Crippen LogP contribution in [0.3, 0.4) is 0 Å². The zero-order valence-corrected chi connectivity index (χ0v) is 16.2. The summed E-state index contributed by atoms with van der Waals surface area (Å²) in [6.45, 7) is 0.795. The second-order valence-electron chi connectivity index (χ2n) is 6.08. The highest BCUT2D eigenvalue weighted by atomic mass is 19.3. The van der Waals surface area contributed by atoms with Gasteiger partial charge in [0.15, 0.2) is 18.1 Å². The van der Waals surface area contributed by atoms with Gasteiger partial charge in [-0.25, -0.2) is 4.79 Å². The van der Waals surface area contributed by atoms with Gasteiger partial charge in [0, 0.05) is 6.54 Å². The van der Waals surface area contributed by atoms with Crippen LogP contribution >= 0.6 is 0 Å². The molecule has 0 unspecified atom stereocenters. The van der Waals surface area contributed by atoms with Crippen LogP contribution in [0, 0.1) is 6.92 Å². The van der Waals surface area contributed by atoms with Crippen LogP contribution in [0.5, 0.6) is 11.5 Å². The minimum absolute atomic E-state index is 0.00932.